The van der Waals surface area contributed by atoms with E-state index >= 15 is 0 Å². The van der Waals surface area contributed by atoms with Crippen LogP contribution in [0, 0.1) is 5.92 Å². The quantitative estimate of drug-likeness (QED) is 0.482. The lowest BCUT2D eigenvalue weighted by atomic mass is 9.93. The summed E-state index contributed by atoms with van der Waals surface area (Å²) in [7, 11) is 0. The van der Waals surface area contributed by atoms with Crippen LogP contribution in [0.25, 0.3) is 0 Å². The highest BCUT2D eigenvalue weighted by atomic mass is 32.1. The monoisotopic (exact) mass is 405 g/mol. The molecule has 0 bridgehead atoms. The molecule has 1 N–H and O–H groups in total. The first-order valence-electron chi connectivity index (χ1n) is 9.41. The molecule has 146 valence electrons. The Labute approximate surface area is 172 Å². The Bertz CT molecular complexity index is 1030. The molecule has 2 atom stereocenters. The number of nitrogens with one attached hydrogen (secondary N) is 1. The molecule has 6 nitrogen and oxygen atoms in total. The number of nitrogens with zero attached hydrogens (tertiary/aromatic N) is 2. The van der Waals surface area contributed by atoms with Gasteiger partial charge in [0.2, 0.25) is 5.91 Å². The van der Waals surface area contributed by atoms with Crippen molar-refractivity contribution < 1.29 is 14.4 Å². The van der Waals surface area contributed by atoms with E-state index in [9.17, 15) is 14.4 Å². The Balaban J connectivity index is 1.47. The molecule has 2 unspecified atom stereocenters. The number of amides is 1. The van der Waals surface area contributed by atoms with Gasteiger partial charge in [0.1, 0.15) is 4.88 Å². The van der Waals surface area contributed by atoms with Gasteiger partial charge in [-0.15, -0.1) is 5.10 Å². The van der Waals surface area contributed by atoms with Crippen LogP contribution in [0.4, 0.5) is 0 Å². The van der Waals surface area contributed by atoms with Gasteiger partial charge in [-0.1, -0.05) is 65.2 Å². The van der Waals surface area contributed by atoms with E-state index in [2.05, 4.69) is 14.9 Å². The van der Waals surface area contributed by atoms with Crippen molar-refractivity contribution in [2.75, 3.05) is 0 Å². The van der Waals surface area contributed by atoms with Gasteiger partial charge < -0.3 is 5.32 Å². The van der Waals surface area contributed by atoms with E-state index in [0.29, 0.717) is 25.0 Å². The van der Waals surface area contributed by atoms with Crippen molar-refractivity contribution in [3.05, 3.63) is 82.4 Å². The van der Waals surface area contributed by atoms with Crippen molar-refractivity contribution in [1.82, 2.24) is 14.9 Å². The summed E-state index contributed by atoms with van der Waals surface area (Å²) in [6.45, 7) is 0. The molecular formula is C22H19N3O3S. The van der Waals surface area contributed by atoms with Crippen LogP contribution >= 0.6 is 11.5 Å². The van der Waals surface area contributed by atoms with Crippen LogP contribution in [-0.4, -0.2) is 33.1 Å². The molecular weight excluding hydrogens is 386 g/mol. The Hall–Kier alpha value is -3.19. The summed E-state index contributed by atoms with van der Waals surface area (Å²) in [6, 6.07) is 18.7. The van der Waals surface area contributed by atoms with Crippen molar-refractivity contribution in [3.8, 4) is 0 Å². The lowest BCUT2D eigenvalue weighted by Crippen LogP contribution is -2.29. The molecule has 0 spiro atoms. The van der Waals surface area contributed by atoms with Crippen molar-refractivity contribution in [2.45, 2.75) is 25.3 Å². The molecule has 1 aromatic heterocycles. The highest BCUT2D eigenvalue weighted by Crippen LogP contribution is 2.24. The Kier molecular flexibility index (Phi) is 5.57. The summed E-state index contributed by atoms with van der Waals surface area (Å²) in [5.74, 6) is -2.71. The molecule has 29 heavy (non-hydrogen) atoms. The van der Waals surface area contributed by atoms with E-state index < -0.39 is 23.7 Å². The highest BCUT2D eigenvalue weighted by molar-refractivity contribution is 7.08. The van der Waals surface area contributed by atoms with Crippen LogP contribution < -0.4 is 5.32 Å². The van der Waals surface area contributed by atoms with Crippen LogP contribution in [0.3, 0.4) is 0 Å². The average molecular weight is 405 g/mol. The van der Waals surface area contributed by atoms with Gasteiger partial charge in [0, 0.05) is 6.42 Å². The lowest BCUT2D eigenvalue weighted by molar-refractivity contribution is -0.125. The normalized spacial score (nSPS) is 18.6. The van der Waals surface area contributed by atoms with E-state index in [1.54, 1.807) is 0 Å². The van der Waals surface area contributed by atoms with Crippen molar-refractivity contribution in [3.63, 3.8) is 0 Å². The average Bonchev–Trinajstić information content (AvgIpc) is 3.31. The number of ketones is 2. The minimum absolute atomic E-state index is 0.283. The zero-order chi connectivity index (χ0) is 20.2. The Morgan fingerprint density at radius 2 is 1.62 bits per heavy atom. The molecule has 1 amide bonds. The molecule has 3 aromatic rings. The second-order valence-electron chi connectivity index (χ2n) is 7.00. The molecule has 0 saturated carbocycles. The number of Topliss-reactive ketones (excluding diaryl/α,β-unsaturated/α-hetero) is 2. The van der Waals surface area contributed by atoms with Gasteiger partial charge in [0.25, 0.3) is 0 Å². The van der Waals surface area contributed by atoms with Gasteiger partial charge in [-0.25, -0.2) is 0 Å². The first-order valence-corrected chi connectivity index (χ1v) is 10.2. The molecule has 1 aliphatic heterocycles. The molecule has 1 saturated heterocycles. The summed E-state index contributed by atoms with van der Waals surface area (Å²) in [5.41, 5.74) is 2.57. The minimum Gasteiger partial charge on any atom is -0.345 e. The van der Waals surface area contributed by atoms with Gasteiger partial charge in [-0.2, -0.15) is 0 Å². The van der Waals surface area contributed by atoms with Gasteiger partial charge in [0.15, 0.2) is 17.5 Å². The van der Waals surface area contributed by atoms with Gasteiger partial charge >= 0.3 is 0 Å². The lowest BCUT2D eigenvalue weighted by Gasteiger charge is -2.08. The Morgan fingerprint density at radius 1 is 0.966 bits per heavy atom. The van der Waals surface area contributed by atoms with Crippen LogP contribution in [0.1, 0.15) is 32.9 Å². The largest absolute Gasteiger partial charge is 0.345 e. The van der Waals surface area contributed by atoms with Gasteiger partial charge in [-0.05, 0) is 35.5 Å². The fraction of sp³-hybridized carbons (Fsp3) is 0.227. The van der Waals surface area contributed by atoms with E-state index in [1.807, 2.05) is 60.7 Å². The molecule has 1 aliphatic rings. The number of aromatic nitrogens is 2. The fourth-order valence-electron chi connectivity index (χ4n) is 3.51. The number of hydrogen-bond donors (Lipinski definition) is 1. The summed E-state index contributed by atoms with van der Waals surface area (Å²) < 4.78 is 3.88. The summed E-state index contributed by atoms with van der Waals surface area (Å²) in [5, 5.41) is 6.74. The maximum Gasteiger partial charge on any atom is 0.239 e. The first kappa shape index (κ1) is 19.1. The van der Waals surface area contributed by atoms with Crippen LogP contribution in [0.2, 0.25) is 0 Å². The summed E-state index contributed by atoms with van der Waals surface area (Å²) >= 11 is 0.936. The molecule has 1 fully saturated rings. The number of aryl methyl sites for hydroxylation is 1. The van der Waals surface area contributed by atoms with E-state index in [0.717, 1.165) is 22.7 Å². The predicted octanol–water partition coefficient (Wildman–Crippen LogP) is 2.63. The van der Waals surface area contributed by atoms with Crippen molar-refractivity contribution in [2.24, 2.45) is 5.92 Å². The third-order valence-corrected chi connectivity index (χ3v) is 5.81. The smallest absolute Gasteiger partial charge is 0.239 e. The standard InChI is InChI=1S/C22H19N3O3S/c26-19-16(12-11-14-7-3-1-4-8-14)23-22(28)18(19)20(27)21-17(24-25-29-21)13-15-9-5-2-6-10-15/h1-10,16,18H,11-13H2,(H,23,28). The van der Waals surface area contributed by atoms with Gasteiger partial charge in [0.05, 0.1) is 11.7 Å². The second-order valence-corrected chi connectivity index (χ2v) is 7.75. The van der Waals surface area contributed by atoms with E-state index in [1.165, 1.54) is 0 Å². The van der Waals surface area contributed by atoms with Crippen LogP contribution in [-0.2, 0) is 22.4 Å². The number of hydrogen-bond acceptors (Lipinski definition) is 6. The summed E-state index contributed by atoms with van der Waals surface area (Å²) in [6.07, 6.45) is 1.55. The predicted molar refractivity (Wildman–Crippen MR) is 109 cm³/mol. The Morgan fingerprint density at radius 3 is 2.31 bits per heavy atom. The third kappa shape index (κ3) is 4.14. The van der Waals surface area contributed by atoms with Crippen molar-refractivity contribution in [1.29, 1.82) is 0 Å². The highest BCUT2D eigenvalue weighted by Gasteiger charge is 2.46. The number of rotatable bonds is 7. The zero-order valence-electron chi connectivity index (χ0n) is 15.6. The number of carbonyl (C=O) groups is 3. The SMILES string of the molecule is O=C1NC(CCc2ccccc2)C(=O)C1C(=O)c1snnc1Cc1ccccc1. The van der Waals surface area contributed by atoms with E-state index in [4.69, 9.17) is 0 Å². The molecule has 7 heteroatoms. The van der Waals surface area contributed by atoms with E-state index in [-0.39, 0.29) is 10.7 Å². The molecule has 2 heterocycles. The molecule has 0 aliphatic carbocycles. The first-order chi connectivity index (χ1) is 14.1. The van der Waals surface area contributed by atoms with Crippen LogP contribution in [0.15, 0.2) is 60.7 Å². The second kappa shape index (κ2) is 8.45. The molecule has 2 aromatic carbocycles. The topological polar surface area (TPSA) is 89.0 Å². The number of carbonyl (C=O) groups excluding carboxylic acids is 3. The van der Waals surface area contributed by atoms with Gasteiger partial charge in [-0.3, -0.25) is 14.4 Å². The summed E-state index contributed by atoms with van der Waals surface area (Å²) in [4.78, 5) is 38.5. The van der Waals surface area contributed by atoms with Crippen molar-refractivity contribution >= 4 is 29.0 Å². The van der Waals surface area contributed by atoms with Crippen LogP contribution in [0.5, 0.6) is 0 Å². The molecule has 0 radical (unpaired) electrons. The maximum absolute atomic E-state index is 13.0. The number of benzene rings is 2. The fourth-order valence-corrected chi connectivity index (χ4v) is 4.15. The third-order valence-electron chi connectivity index (χ3n) is 5.03. The zero-order valence-corrected chi connectivity index (χ0v) is 16.4. The minimum atomic E-state index is -1.31. The molecule has 4 rings (SSSR count). The maximum atomic E-state index is 13.0.